The van der Waals surface area contributed by atoms with E-state index in [0.717, 1.165) is 25.2 Å². The maximum atomic E-state index is 10.8. The number of nitrogens with zero attached hydrogens (tertiary/aromatic N) is 2. The minimum Gasteiger partial charge on any atom is -0.480 e. The van der Waals surface area contributed by atoms with Crippen molar-refractivity contribution in [2.75, 3.05) is 17.2 Å². The number of unbranched alkanes of at least 4 members (excludes halogenated alkanes) is 1. The molecule has 6 nitrogen and oxygen atoms in total. The molecule has 1 aromatic rings. The van der Waals surface area contributed by atoms with E-state index < -0.39 is 12.0 Å². The van der Waals surface area contributed by atoms with Crippen LogP contribution in [0.3, 0.4) is 0 Å². The second-order valence-electron chi connectivity index (χ2n) is 4.17. The molecular formula is C12H20N4O2. The van der Waals surface area contributed by atoms with Gasteiger partial charge in [-0.3, -0.25) is 4.79 Å². The summed E-state index contributed by atoms with van der Waals surface area (Å²) in [4.78, 5) is 19.2. The van der Waals surface area contributed by atoms with Gasteiger partial charge in [-0.15, -0.1) is 0 Å². The number of rotatable bonds is 7. The molecule has 0 amide bonds. The van der Waals surface area contributed by atoms with Gasteiger partial charge >= 0.3 is 5.97 Å². The van der Waals surface area contributed by atoms with Crippen molar-refractivity contribution in [3.63, 3.8) is 0 Å². The summed E-state index contributed by atoms with van der Waals surface area (Å²) in [5.41, 5.74) is 0. The molecular weight excluding hydrogens is 232 g/mol. The number of aliphatic carboxylic acids is 1. The summed E-state index contributed by atoms with van der Waals surface area (Å²) in [6.07, 6.45) is 2.18. The van der Waals surface area contributed by atoms with Crippen LogP contribution in [0.5, 0.6) is 0 Å². The molecule has 1 unspecified atom stereocenters. The Kier molecular flexibility index (Phi) is 5.35. The van der Waals surface area contributed by atoms with Crippen molar-refractivity contribution in [1.82, 2.24) is 9.97 Å². The van der Waals surface area contributed by atoms with Crippen LogP contribution >= 0.6 is 0 Å². The maximum absolute atomic E-state index is 10.8. The molecule has 0 radical (unpaired) electrons. The van der Waals surface area contributed by atoms with E-state index in [4.69, 9.17) is 5.11 Å². The fourth-order valence-corrected chi connectivity index (χ4v) is 1.41. The first-order valence-corrected chi connectivity index (χ1v) is 6.11. The Morgan fingerprint density at radius 2 is 2.11 bits per heavy atom. The van der Waals surface area contributed by atoms with Gasteiger partial charge < -0.3 is 15.7 Å². The van der Waals surface area contributed by atoms with Crippen molar-refractivity contribution in [3.05, 3.63) is 11.9 Å². The molecule has 0 aliphatic heterocycles. The zero-order valence-electron chi connectivity index (χ0n) is 11.0. The van der Waals surface area contributed by atoms with Crippen LogP contribution in [-0.2, 0) is 4.79 Å². The molecule has 0 aliphatic carbocycles. The van der Waals surface area contributed by atoms with Gasteiger partial charge in [0, 0.05) is 12.6 Å². The Bertz CT molecular complexity index is 409. The molecule has 0 spiro atoms. The number of aromatic nitrogens is 2. The molecule has 18 heavy (non-hydrogen) atoms. The highest BCUT2D eigenvalue weighted by atomic mass is 16.4. The van der Waals surface area contributed by atoms with E-state index in [1.807, 2.05) is 0 Å². The summed E-state index contributed by atoms with van der Waals surface area (Å²) >= 11 is 0. The van der Waals surface area contributed by atoms with Gasteiger partial charge in [-0.2, -0.15) is 0 Å². The molecule has 0 saturated carbocycles. The number of anilines is 2. The van der Waals surface area contributed by atoms with Crippen LogP contribution < -0.4 is 10.6 Å². The van der Waals surface area contributed by atoms with Crippen molar-refractivity contribution in [2.45, 2.75) is 39.7 Å². The highest BCUT2D eigenvalue weighted by Gasteiger charge is 2.11. The first-order valence-electron chi connectivity index (χ1n) is 6.11. The number of aryl methyl sites for hydroxylation is 1. The van der Waals surface area contributed by atoms with E-state index in [2.05, 4.69) is 27.5 Å². The second kappa shape index (κ2) is 6.78. The van der Waals surface area contributed by atoms with Crippen molar-refractivity contribution < 1.29 is 9.90 Å². The number of carbonyl (C=O) groups is 1. The minimum absolute atomic E-state index is 0.524. The van der Waals surface area contributed by atoms with Crippen LogP contribution in [-0.4, -0.2) is 33.6 Å². The van der Waals surface area contributed by atoms with E-state index >= 15 is 0 Å². The van der Waals surface area contributed by atoms with Gasteiger partial charge in [0.05, 0.1) is 0 Å². The zero-order chi connectivity index (χ0) is 13.5. The number of hydrogen-bond donors (Lipinski definition) is 3. The number of nitrogens with one attached hydrogen (secondary N) is 2. The van der Waals surface area contributed by atoms with Gasteiger partial charge in [0.1, 0.15) is 23.5 Å². The third-order valence-electron chi connectivity index (χ3n) is 2.41. The fraction of sp³-hybridized carbons (Fsp3) is 0.583. The molecule has 0 bridgehead atoms. The quantitative estimate of drug-likeness (QED) is 0.642. The second-order valence-corrected chi connectivity index (χ2v) is 4.17. The Morgan fingerprint density at radius 1 is 1.44 bits per heavy atom. The third-order valence-corrected chi connectivity index (χ3v) is 2.41. The van der Waals surface area contributed by atoms with Gasteiger partial charge in [-0.05, 0) is 20.3 Å². The summed E-state index contributed by atoms with van der Waals surface area (Å²) in [5.74, 6) is 0.941. The van der Waals surface area contributed by atoms with Crippen LogP contribution in [0.25, 0.3) is 0 Å². The van der Waals surface area contributed by atoms with Crippen LogP contribution in [0, 0.1) is 6.92 Å². The van der Waals surface area contributed by atoms with Gasteiger partial charge in [0.15, 0.2) is 0 Å². The number of carboxylic acids is 1. The van der Waals surface area contributed by atoms with E-state index in [9.17, 15) is 4.79 Å². The lowest BCUT2D eigenvalue weighted by atomic mass is 10.3. The molecule has 100 valence electrons. The largest absolute Gasteiger partial charge is 0.480 e. The predicted molar refractivity (Wildman–Crippen MR) is 70.9 cm³/mol. The van der Waals surface area contributed by atoms with Crippen LogP contribution in [0.4, 0.5) is 11.6 Å². The lowest BCUT2D eigenvalue weighted by Gasteiger charge is -2.12. The number of carboxylic acid groups (broad SMARTS) is 1. The smallest absolute Gasteiger partial charge is 0.325 e. The van der Waals surface area contributed by atoms with Gasteiger partial charge in [0.2, 0.25) is 0 Å². The Labute approximate surface area is 107 Å². The normalized spacial score (nSPS) is 11.9. The minimum atomic E-state index is -0.910. The fourth-order valence-electron chi connectivity index (χ4n) is 1.41. The predicted octanol–water partition coefficient (Wildman–Crippen LogP) is 1.88. The molecule has 1 atom stereocenters. The lowest BCUT2D eigenvalue weighted by molar-refractivity contribution is -0.137. The molecule has 0 saturated heterocycles. The summed E-state index contributed by atoms with van der Waals surface area (Å²) in [6.45, 7) is 6.32. The van der Waals surface area contributed by atoms with Crippen molar-refractivity contribution >= 4 is 17.6 Å². The average molecular weight is 252 g/mol. The standard InChI is InChI=1S/C12H20N4O2/c1-4-5-6-13-10-7-11(16-9(3)15-10)14-8(2)12(17)18/h7-8H,4-6H2,1-3H3,(H,17,18)(H2,13,14,15,16). The monoisotopic (exact) mass is 252 g/mol. The third kappa shape index (κ3) is 4.57. The van der Waals surface area contributed by atoms with Crippen molar-refractivity contribution in [2.24, 2.45) is 0 Å². The van der Waals surface area contributed by atoms with E-state index in [0.29, 0.717) is 11.6 Å². The molecule has 6 heteroatoms. The lowest BCUT2D eigenvalue weighted by Crippen LogP contribution is -2.26. The Morgan fingerprint density at radius 3 is 2.72 bits per heavy atom. The van der Waals surface area contributed by atoms with Gasteiger partial charge in [-0.1, -0.05) is 13.3 Å². The summed E-state index contributed by atoms with van der Waals surface area (Å²) in [6, 6.07) is 1.05. The van der Waals surface area contributed by atoms with Gasteiger partial charge in [-0.25, -0.2) is 9.97 Å². The Balaban J connectivity index is 2.71. The molecule has 1 aromatic heterocycles. The van der Waals surface area contributed by atoms with Crippen LogP contribution in [0.15, 0.2) is 6.07 Å². The van der Waals surface area contributed by atoms with Crippen molar-refractivity contribution in [1.29, 1.82) is 0 Å². The van der Waals surface area contributed by atoms with E-state index in [-0.39, 0.29) is 0 Å². The first kappa shape index (κ1) is 14.2. The molecule has 0 fully saturated rings. The molecule has 0 aliphatic rings. The molecule has 0 aromatic carbocycles. The maximum Gasteiger partial charge on any atom is 0.325 e. The van der Waals surface area contributed by atoms with E-state index in [1.165, 1.54) is 0 Å². The topological polar surface area (TPSA) is 87.1 Å². The first-order chi connectivity index (χ1) is 8.52. The summed E-state index contributed by atoms with van der Waals surface area (Å²) in [7, 11) is 0. The molecule has 3 N–H and O–H groups in total. The summed E-state index contributed by atoms with van der Waals surface area (Å²) in [5, 5.41) is 14.8. The number of hydrogen-bond acceptors (Lipinski definition) is 5. The van der Waals surface area contributed by atoms with Crippen LogP contribution in [0.1, 0.15) is 32.5 Å². The Hall–Kier alpha value is -1.85. The van der Waals surface area contributed by atoms with Gasteiger partial charge in [0.25, 0.3) is 0 Å². The molecule has 1 heterocycles. The molecule has 1 rings (SSSR count). The zero-order valence-corrected chi connectivity index (χ0v) is 11.0. The highest BCUT2D eigenvalue weighted by molar-refractivity contribution is 5.76. The van der Waals surface area contributed by atoms with Crippen LogP contribution in [0.2, 0.25) is 0 Å². The van der Waals surface area contributed by atoms with E-state index in [1.54, 1.807) is 19.9 Å². The SMILES string of the molecule is CCCCNc1cc(NC(C)C(=O)O)nc(C)n1. The average Bonchev–Trinajstić information content (AvgIpc) is 2.28. The van der Waals surface area contributed by atoms with Crippen molar-refractivity contribution in [3.8, 4) is 0 Å². The summed E-state index contributed by atoms with van der Waals surface area (Å²) < 4.78 is 0. The highest BCUT2D eigenvalue weighted by Crippen LogP contribution is 2.12.